The molecule has 7 nitrogen and oxygen atoms in total. The van der Waals surface area contributed by atoms with Crippen LogP contribution >= 0.6 is 0 Å². The van der Waals surface area contributed by atoms with Gasteiger partial charge < -0.3 is 10.6 Å². The van der Waals surface area contributed by atoms with Crippen LogP contribution in [0.25, 0.3) is 0 Å². The Hall–Kier alpha value is -3.48. The molecule has 4 amide bonds. The van der Waals surface area contributed by atoms with Crippen molar-refractivity contribution >= 4 is 29.3 Å². The molecule has 142 valence electrons. The number of nitrogens with zero attached hydrogens (tertiary/aromatic N) is 1. The third-order valence-corrected chi connectivity index (χ3v) is 5.28. The summed E-state index contributed by atoms with van der Waals surface area (Å²) in [5.41, 5.74) is 1.65. The van der Waals surface area contributed by atoms with E-state index in [0.717, 1.165) is 16.0 Å². The lowest BCUT2D eigenvalue weighted by atomic mass is 9.92. The first kappa shape index (κ1) is 17.9. The van der Waals surface area contributed by atoms with Crippen LogP contribution in [0.4, 0.5) is 10.5 Å². The van der Waals surface area contributed by atoms with Crippen molar-refractivity contribution in [2.24, 2.45) is 0 Å². The first-order chi connectivity index (χ1) is 13.4. The molecular formula is C21H19N3O4. The zero-order valence-electron chi connectivity index (χ0n) is 15.3. The minimum absolute atomic E-state index is 0.118. The van der Waals surface area contributed by atoms with Crippen molar-refractivity contribution in [3.63, 3.8) is 0 Å². The highest BCUT2D eigenvalue weighted by Gasteiger charge is 2.55. The number of Topliss-reactive ketones (excluding diaryl/α,β-unsaturated/α-hetero) is 1. The highest BCUT2D eigenvalue weighted by atomic mass is 16.2. The molecule has 0 aromatic heterocycles. The molecule has 2 aliphatic rings. The molecule has 2 aromatic carbocycles. The first-order valence-corrected chi connectivity index (χ1v) is 9.04. The molecule has 1 spiro atoms. The van der Waals surface area contributed by atoms with Gasteiger partial charge in [-0.25, -0.2) is 4.79 Å². The summed E-state index contributed by atoms with van der Waals surface area (Å²) in [6.07, 6.45) is 1.18. The number of urea groups is 1. The Morgan fingerprint density at radius 1 is 1.14 bits per heavy atom. The molecule has 1 fully saturated rings. The molecule has 28 heavy (non-hydrogen) atoms. The number of hydrogen-bond donors (Lipinski definition) is 2. The fraction of sp³-hybridized carbons (Fsp3) is 0.238. The molecule has 7 heteroatoms. The molecule has 1 aliphatic heterocycles. The number of carbonyl (C=O) groups is 4. The summed E-state index contributed by atoms with van der Waals surface area (Å²) in [4.78, 5) is 50.4. The van der Waals surface area contributed by atoms with Crippen LogP contribution in [0.3, 0.4) is 0 Å². The second-order valence-corrected chi connectivity index (χ2v) is 7.07. The Balaban J connectivity index is 1.51. The van der Waals surface area contributed by atoms with Gasteiger partial charge in [0.1, 0.15) is 12.1 Å². The zero-order chi connectivity index (χ0) is 19.9. The van der Waals surface area contributed by atoms with Crippen molar-refractivity contribution in [2.75, 3.05) is 11.9 Å². The molecule has 4 rings (SSSR count). The van der Waals surface area contributed by atoms with Crippen LogP contribution in [0.2, 0.25) is 0 Å². The Morgan fingerprint density at radius 2 is 1.93 bits per heavy atom. The van der Waals surface area contributed by atoms with Crippen molar-refractivity contribution in [1.82, 2.24) is 10.2 Å². The molecule has 2 N–H and O–H groups in total. The Kier molecular flexibility index (Phi) is 4.22. The normalized spacial score (nSPS) is 20.2. The van der Waals surface area contributed by atoms with Gasteiger partial charge in [-0.2, -0.15) is 0 Å². The van der Waals surface area contributed by atoms with Crippen LogP contribution in [0.5, 0.6) is 0 Å². The summed E-state index contributed by atoms with van der Waals surface area (Å²) in [5.74, 6) is -1.03. The molecule has 0 radical (unpaired) electrons. The summed E-state index contributed by atoms with van der Waals surface area (Å²) in [7, 11) is 0. The molecule has 0 unspecified atom stereocenters. The smallest absolute Gasteiger partial charge is 0.325 e. The summed E-state index contributed by atoms with van der Waals surface area (Å²) in [6.45, 7) is 1.05. The minimum Gasteiger partial charge on any atom is -0.325 e. The Labute approximate surface area is 161 Å². The van der Waals surface area contributed by atoms with Crippen LogP contribution in [0.1, 0.15) is 34.8 Å². The molecule has 2 aromatic rings. The van der Waals surface area contributed by atoms with E-state index in [-0.39, 0.29) is 12.3 Å². The number of imide groups is 1. The van der Waals surface area contributed by atoms with E-state index in [4.69, 9.17) is 0 Å². The lowest BCUT2D eigenvalue weighted by Crippen LogP contribution is -2.43. The van der Waals surface area contributed by atoms with Crippen molar-refractivity contribution in [2.45, 2.75) is 25.3 Å². The highest BCUT2D eigenvalue weighted by Crippen LogP contribution is 2.41. The third-order valence-electron chi connectivity index (χ3n) is 5.28. The van der Waals surface area contributed by atoms with E-state index in [1.165, 1.54) is 6.92 Å². The molecular weight excluding hydrogens is 358 g/mol. The monoisotopic (exact) mass is 377 g/mol. The van der Waals surface area contributed by atoms with Gasteiger partial charge in [-0.15, -0.1) is 0 Å². The van der Waals surface area contributed by atoms with Crippen molar-refractivity contribution < 1.29 is 19.2 Å². The second kappa shape index (κ2) is 6.60. The Bertz CT molecular complexity index is 1020. The average Bonchev–Trinajstić information content (AvgIpc) is 3.16. The van der Waals surface area contributed by atoms with Crippen LogP contribution in [-0.2, 0) is 21.5 Å². The van der Waals surface area contributed by atoms with E-state index in [1.807, 2.05) is 24.3 Å². The van der Waals surface area contributed by atoms with Gasteiger partial charge in [0.15, 0.2) is 5.78 Å². The van der Waals surface area contributed by atoms with Gasteiger partial charge in [-0.05, 0) is 43.0 Å². The summed E-state index contributed by atoms with van der Waals surface area (Å²) in [6, 6.07) is 13.5. The summed E-state index contributed by atoms with van der Waals surface area (Å²) in [5, 5.41) is 5.43. The summed E-state index contributed by atoms with van der Waals surface area (Å²) >= 11 is 0. The number of amides is 4. The highest BCUT2D eigenvalue weighted by molar-refractivity contribution is 6.11. The molecule has 0 bridgehead atoms. The van der Waals surface area contributed by atoms with Crippen LogP contribution in [-0.4, -0.2) is 35.1 Å². The Morgan fingerprint density at radius 3 is 2.71 bits per heavy atom. The molecule has 1 heterocycles. The summed E-state index contributed by atoms with van der Waals surface area (Å²) < 4.78 is 0. The lowest BCUT2D eigenvalue weighted by molar-refractivity contribution is -0.134. The number of rotatable bonds is 4. The van der Waals surface area contributed by atoms with Gasteiger partial charge in [0.25, 0.3) is 5.91 Å². The van der Waals surface area contributed by atoms with Crippen molar-refractivity contribution in [3.8, 4) is 0 Å². The fourth-order valence-electron chi connectivity index (χ4n) is 3.89. The SMILES string of the molecule is CC(=O)c1cccc(NC(=O)CN2C(=O)N[C@@]3(CCc4ccccc43)C2=O)c1. The molecule has 1 atom stereocenters. The molecule has 1 saturated heterocycles. The van der Waals surface area contributed by atoms with Gasteiger partial charge in [0, 0.05) is 11.3 Å². The number of ketones is 1. The van der Waals surface area contributed by atoms with Gasteiger partial charge in [-0.3, -0.25) is 19.3 Å². The second-order valence-electron chi connectivity index (χ2n) is 7.07. The van der Waals surface area contributed by atoms with Gasteiger partial charge in [0.05, 0.1) is 0 Å². The van der Waals surface area contributed by atoms with Crippen molar-refractivity contribution in [3.05, 3.63) is 65.2 Å². The maximum absolute atomic E-state index is 13.1. The van der Waals surface area contributed by atoms with E-state index in [2.05, 4.69) is 10.6 Å². The standard InChI is InChI=1S/C21H19N3O4/c1-13(25)15-6-4-7-16(11-15)22-18(26)12-24-19(27)21(23-20(24)28)10-9-14-5-2-3-8-17(14)21/h2-8,11H,9-10,12H2,1H3,(H,22,26)(H,23,28)/t21-/m1/s1. The first-order valence-electron chi connectivity index (χ1n) is 9.04. The number of hydrogen-bond acceptors (Lipinski definition) is 4. The van der Waals surface area contributed by atoms with E-state index >= 15 is 0 Å². The van der Waals surface area contributed by atoms with Gasteiger partial charge >= 0.3 is 6.03 Å². The van der Waals surface area contributed by atoms with E-state index in [0.29, 0.717) is 24.1 Å². The predicted octanol–water partition coefficient (Wildman–Crippen LogP) is 2.22. The largest absolute Gasteiger partial charge is 0.325 e. The van der Waals surface area contributed by atoms with Gasteiger partial charge in [-0.1, -0.05) is 36.4 Å². The zero-order valence-corrected chi connectivity index (χ0v) is 15.3. The van der Waals surface area contributed by atoms with Crippen molar-refractivity contribution in [1.29, 1.82) is 0 Å². The predicted molar refractivity (Wildman–Crippen MR) is 102 cm³/mol. The topological polar surface area (TPSA) is 95.6 Å². The van der Waals surface area contributed by atoms with Crippen LogP contribution in [0, 0.1) is 0 Å². The fourth-order valence-corrected chi connectivity index (χ4v) is 3.89. The van der Waals surface area contributed by atoms with E-state index in [1.54, 1.807) is 24.3 Å². The number of fused-ring (bicyclic) bond motifs is 2. The van der Waals surface area contributed by atoms with Crippen LogP contribution in [0.15, 0.2) is 48.5 Å². The van der Waals surface area contributed by atoms with E-state index < -0.39 is 23.4 Å². The molecule has 0 saturated carbocycles. The number of anilines is 1. The number of benzene rings is 2. The average molecular weight is 377 g/mol. The van der Waals surface area contributed by atoms with Gasteiger partial charge in [0.2, 0.25) is 5.91 Å². The minimum atomic E-state index is -1.08. The van der Waals surface area contributed by atoms with Crippen LogP contribution < -0.4 is 10.6 Å². The number of carbonyl (C=O) groups excluding carboxylic acids is 4. The lowest BCUT2D eigenvalue weighted by Gasteiger charge is -2.22. The number of aryl methyl sites for hydroxylation is 1. The maximum atomic E-state index is 13.1. The van der Waals surface area contributed by atoms with E-state index in [9.17, 15) is 19.2 Å². The third kappa shape index (κ3) is 2.85. The quantitative estimate of drug-likeness (QED) is 0.631. The maximum Gasteiger partial charge on any atom is 0.325 e. The number of nitrogens with one attached hydrogen (secondary N) is 2. The molecule has 1 aliphatic carbocycles.